The molecule has 6 heteroatoms. The summed E-state index contributed by atoms with van der Waals surface area (Å²) in [5.74, 6) is 1.30. The maximum absolute atomic E-state index is 12.0. The zero-order valence-corrected chi connectivity index (χ0v) is 11.5. The molecule has 0 bridgehead atoms. The second kappa shape index (κ2) is 6.47. The third-order valence-electron chi connectivity index (χ3n) is 3.08. The Labute approximate surface area is 113 Å². The molecule has 104 valence electrons. The van der Waals surface area contributed by atoms with Gasteiger partial charge >= 0.3 is 0 Å². The maximum Gasteiger partial charge on any atom is 0.270 e. The average Bonchev–Trinajstić information content (AvgIpc) is 2.92. The molecule has 1 fully saturated rings. The van der Waals surface area contributed by atoms with Crippen LogP contribution in [-0.2, 0) is 4.74 Å². The lowest BCUT2D eigenvalue weighted by Gasteiger charge is -2.17. The first-order valence-corrected chi connectivity index (χ1v) is 6.58. The average molecular weight is 264 g/mol. The maximum atomic E-state index is 12.0. The summed E-state index contributed by atoms with van der Waals surface area (Å²) in [6.07, 6.45) is 2.36. The van der Waals surface area contributed by atoms with E-state index in [1.807, 2.05) is 6.92 Å². The predicted molar refractivity (Wildman–Crippen MR) is 72.4 cm³/mol. The van der Waals surface area contributed by atoms with Gasteiger partial charge in [-0.05, 0) is 19.8 Å². The van der Waals surface area contributed by atoms with Crippen molar-refractivity contribution in [3.63, 3.8) is 0 Å². The molecule has 0 atom stereocenters. The topological polar surface area (TPSA) is 67.3 Å². The number of methoxy groups -OCH3 is 1. The van der Waals surface area contributed by atoms with E-state index in [0.29, 0.717) is 24.7 Å². The number of nitrogens with one attached hydrogen (secondary N) is 1. The molecule has 2 rings (SSSR count). The van der Waals surface area contributed by atoms with Gasteiger partial charge < -0.3 is 15.0 Å². The molecule has 1 aliphatic heterocycles. The Hall–Kier alpha value is -1.69. The Kier molecular flexibility index (Phi) is 4.68. The Morgan fingerprint density at radius 3 is 2.84 bits per heavy atom. The quantitative estimate of drug-likeness (QED) is 0.795. The number of anilines is 1. The lowest BCUT2D eigenvalue weighted by molar-refractivity contribution is 0.0931. The van der Waals surface area contributed by atoms with Crippen molar-refractivity contribution < 1.29 is 9.53 Å². The number of aryl methyl sites for hydroxylation is 1. The second-order valence-corrected chi connectivity index (χ2v) is 4.60. The number of rotatable bonds is 5. The van der Waals surface area contributed by atoms with Crippen LogP contribution < -0.4 is 10.2 Å². The zero-order chi connectivity index (χ0) is 13.7. The smallest absolute Gasteiger partial charge is 0.270 e. The number of hydrogen-bond donors (Lipinski definition) is 1. The van der Waals surface area contributed by atoms with E-state index in [2.05, 4.69) is 20.2 Å². The first-order chi connectivity index (χ1) is 9.20. The Balaban J connectivity index is 2.09. The van der Waals surface area contributed by atoms with Crippen molar-refractivity contribution in [2.75, 3.05) is 38.3 Å². The van der Waals surface area contributed by atoms with Crippen LogP contribution in [0.1, 0.15) is 29.2 Å². The monoisotopic (exact) mass is 264 g/mol. The van der Waals surface area contributed by atoms with E-state index < -0.39 is 0 Å². The van der Waals surface area contributed by atoms with Gasteiger partial charge in [0.25, 0.3) is 5.91 Å². The number of carbonyl (C=O) groups is 1. The van der Waals surface area contributed by atoms with Gasteiger partial charge in [-0.2, -0.15) is 0 Å². The summed E-state index contributed by atoms with van der Waals surface area (Å²) in [5.41, 5.74) is 0.422. The summed E-state index contributed by atoms with van der Waals surface area (Å²) in [5, 5.41) is 2.77. The highest BCUT2D eigenvalue weighted by Crippen LogP contribution is 2.18. The zero-order valence-electron chi connectivity index (χ0n) is 11.5. The third kappa shape index (κ3) is 3.64. The molecule has 0 saturated carbocycles. The summed E-state index contributed by atoms with van der Waals surface area (Å²) < 4.78 is 4.90. The molecule has 2 heterocycles. The minimum Gasteiger partial charge on any atom is -0.383 e. The van der Waals surface area contributed by atoms with Gasteiger partial charge in [0.05, 0.1) is 6.61 Å². The van der Waals surface area contributed by atoms with Gasteiger partial charge in [0.1, 0.15) is 17.3 Å². The second-order valence-electron chi connectivity index (χ2n) is 4.60. The summed E-state index contributed by atoms with van der Waals surface area (Å²) in [7, 11) is 1.60. The van der Waals surface area contributed by atoms with E-state index in [9.17, 15) is 4.79 Å². The Morgan fingerprint density at radius 2 is 2.16 bits per heavy atom. The lowest BCUT2D eigenvalue weighted by Crippen LogP contribution is -2.29. The predicted octanol–water partition coefficient (Wildman–Crippen LogP) is 0.761. The summed E-state index contributed by atoms with van der Waals surface area (Å²) in [4.78, 5) is 22.8. The summed E-state index contributed by atoms with van der Waals surface area (Å²) in [6, 6.07) is 1.76. The van der Waals surface area contributed by atoms with Crippen LogP contribution in [0.2, 0.25) is 0 Å². The van der Waals surface area contributed by atoms with Crippen LogP contribution >= 0.6 is 0 Å². The Morgan fingerprint density at radius 1 is 1.42 bits per heavy atom. The number of carbonyl (C=O) groups excluding carboxylic acids is 1. The van der Waals surface area contributed by atoms with Crippen molar-refractivity contribution >= 4 is 11.7 Å². The number of aromatic nitrogens is 2. The molecule has 0 aliphatic carbocycles. The highest BCUT2D eigenvalue weighted by atomic mass is 16.5. The lowest BCUT2D eigenvalue weighted by atomic mass is 10.3. The number of ether oxygens (including phenoxy) is 1. The molecule has 1 aromatic rings. The first-order valence-electron chi connectivity index (χ1n) is 6.58. The SMILES string of the molecule is COCCNC(=O)c1cc(N2CCCC2)nc(C)n1. The van der Waals surface area contributed by atoms with E-state index in [-0.39, 0.29) is 5.91 Å². The van der Waals surface area contributed by atoms with Crippen molar-refractivity contribution in [2.24, 2.45) is 0 Å². The minimum absolute atomic E-state index is 0.178. The van der Waals surface area contributed by atoms with Crippen LogP contribution in [0.4, 0.5) is 5.82 Å². The normalized spacial score (nSPS) is 14.7. The van der Waals surface area contributed by atoms with Gasteiger partial charge in [-0.1, -0.05) is 0 Å². The standard InChI is InChI=1S/C13H20N4O2/c1-10-15-11(13(18)14-5-8-19-2)9-12(16-10)17-6-3-4-7-17/h9H,3-8H2,1-2H3,(H,14,18). The first kappa shape index (κ1) is 13.7. The van der Waals surface area contributed by atoms with Gasteiger partial charge in [0, 0.05) is 32.8 Å². The minimum atomic E-state index is -0.178. The largest absolute Gasteiger partial charge is 0.383 e. The molecule has 1 N–H and O–H groups in total. The molecule has 6 nitrogen and oxygen atoms in total. The van der Waals surface area contributed by atoms with Crippen molar-refractivity contribution in [1.29, 1.82) is 0 Å². The van der Waals surface area contributed by atoms with Gasteiger partial charge in [-0.25, -0.2) is 9.97 Å². The molecule has 1 amide bonds. The molecule has 1 aliphatic rings. The van der Waals surface area contributed by atoms with Crippen LogP contribution in [0.25, 0.3) is 0 Å². The van der Waals surface area contributed by atoms with E-state index in [1.165, 1.54) is 12.8 Å². The molecular weight excluding hydrogens is 244 g/mol. The van der Waals surface area contributed by atoms with Crippen molar-refractivity contribution in [1.82, 2.24) is 15.3 Å². The highest BCUT2D eigenvalue weighted by molar-refractivity contribution is 5.92. The molecule has 0 spiro atoms. The number of nitrogens with zero attached hydrogens (tertiary/aromatic N) is 3. The fraction of sp³-hybridized carbons (Fsp3) is 0.615. The van der Waals surface area contributed by atoms with Gasteiger partial charge in [0.2, 0.25) is 0 Å². The molecule has 19 heavy (non-hydrogen) atoms. The molecular formula is C13H20N4O2. The van der Waals surface area contributed by atoms with E-state index >= 15 is 0 Å². The van der Waals surface area contributed by atoms with E-state index in [0.717, 1.165) is 18.9 Å². The number of amides is 1. The van der Waals surface area contributed by atoms with Gasteiger partial charge in [0.15, 0.2) is 0 Å². The van der Waals surface area contributed by atoms with Crippen LogP contribution in [0.5, 0.6) is 0 Å². The molecule has 0 unspecified atom stereocenters. The van der Waals surface area contributed by atoms with E-state index in [4.69, 9.17) is 4.74 Å². The van der Waals surface area contributed by atoms with Crippen molar-refractivity contribution in [3.05, 3.63) is 17.6 Å². The Bertz CT molecular complexity index is 444. The fourth-order valence-corrected chi connectivity index (χ4v) is 2.13. The molecule has 1 saturated heterocycles. The van der Waals surface area contributed by atoms with Crippen LogP contribution in [0.15, 0.2) is 6.07 Å². The third-order valence-corrected chi connectivity index (χ3v) is 3.08. The molecule has 1 aromatic heterocycles. The van der Waals surface area contributed by atoms with E-state index in [1.54, 1.807) is 13.2 Å². The van der Waals surface area contributed by atoms with Crippen LogP contribution in [0, 0.1) is 6.92 Å². The highest BCUT2D eigenvalue weighted by Gasteiger charge is 2.17. The van der Waals surface area contributed by atoms with Crippen molar-refractivity contribution in [2.45, 2.75) is 19.8 Å². The fourth-order valence-electron chi connectivity index (χ4n) is 2.13. The van der Waals surface area contributed by atoms with Crippen LogP contribution in [-0.4, -0.2) is 49.2 Å². The summed E-state index contributed by atoms with van der Waals surface area (Å²) in [6.45, 7) is 4.79. The van der Waals surface area contributed by atoms with Gasteiger partial charge in [-0.3, -0.25) is 4.79 Å². The van der Waals surface area contributed by atoms with Gasteiger partial charge in [-0.15, -0.1) is 0 Å². The number of hydrogen-bond acceptors (Lipinski definition) is 5. The van der Waals surface area contributed by atoms with Crippen LogP contribution in [0.3, 0.4) is 0 Å². The summed E-state index contributed by atoms with van der Waals surface area (Å²) >= 11 is 0. The molecule has 0 radical (unpaired) electrons. The molecule has 0 aromatic carbocycles. The van der Waals surface area contributed by atoms with Crippen molar-refractivity contribution in [3.8, 4) is 0 Å².